The monoisotopic (exact) mass is 248 g/mol. The van der Waals surface area contributed by atoms with Crippen LogP contribution < -0.4 is 4.74 Å². The van der Waals surface area contributed by atoms with Crippen molar-refractivity contribution in [2.24, 2.45) is 11.8 Å². The molecule has 1 unspecified atom stereocenters. The van der Waals surface area contributed by atoms with Crippen molar-refractivity contribution in [1.82, 2.24) is 0 Å². The predicted molar refractivity (Wildman–Crippen MR) is 69.5 cm³/mol. The van der Waals surface area contributed by atoms with Crippen molar-refractivity contribution < 1.29 is 14.3 Å². The summed E-state index contributed by atoms with van der Waals surface area (Å²) in [4.78, 5) is 11.9. The topological polar surface area (TPSA) is 35.5 Å². The Kier molecular flexibility index (Phi) is 4.24. The molecule has 0 aliphatic carbocycles. The highest BCUT2D eigenvalue weighted by atomic mass is 16.5. The van der Waals surface area contributed by atoms with Crippen LogP contribution in [-0.4, -0.2) is 19.2 Å². The van der Waals surface area contributed by atoms with Crippen LogP contribution in [0.1, 0.15) is 25.8 Å². The van der Waals surface area contributed by atoms with Crippen LogP contribution in [0.2, 0.25) is 0 Å². The van der Waals surface area contributed by atoms with Crippen LogP contribution in [-0.2, 0) is 16.0 Å². The van der Waals surface area contributed by atoms with E-state index >= 15 is 0 Å². The number of rotatable bonds is 4. The van der Waals surface area contributed by atoms with Gasteiger partial charge in [0, 0.05) is 0 Å². The second-order valence-electron chi connectivity index (χ2n) is 5.17. The Morgan fingerprint density at radius 2 is 2.22 bits per heavy atom. The second kappa shape index (κ2) is 5.89. The molecule has 1 aliphatic rings. The SMILES string of the molecule is CC(C)CCOC(=O)C1COc2ccccc2C1. The van der Waals surface area contributed by atoms with E-state index in [4.69, 9.17) is 9.47 Å². The Morgan fingerprint density at radius 3 is 3.00 bits per heavy atom. The third-order valence-corrected chi connectivity index (χ3v) is 3.15. The van der Waals surface area contributed by atoms with E-state index in [1.165, 1.54) is 0 Å². The van der Waals surface area contributed by atoms with E-state index in [0.29, 0.717) is 19.1 Å². The molecule has 1 aliphatic heterocycles. The zero-order valence-electron chi connectivity index (χ0n) is 11.0. The van der Waals surface area contributed by atoms with Crippen LogP contribution in [0.5, 0.6) is 5.75 Å². The molecule has 0 aromatic heterocycles. The summed E-state index contributed by atoms with van der Waals surface area (Å²) in [6.07, 6.45) is 1.63. The summed E-state index contributed by atoms with van der Waals surface area (Å²) in [6, 6.07) is 7.85. The molecule has 3 nitrogen and oxygen atoms in total. The maximum Gasteiger partial charge on any atom is 0.312 e. The van der Waals surface area contributed by atoms with Crippen molar-refractivity contribution in [1.29, 1.82) is 0 Å². The summed E-state index contributed by atoms with van der Waals surface area (Å²) in [5.41, 5.74) is 1.09. The molecule has 98 valence electrons. The number of para-hydroxylation sites is 1. The highest BCUT2D eigenvalue weighted by molar-refractivity contribution is 5.73. The summed E-state index contributed by atoms with van der Waals surface area (Å²) in [6.45, 7) is 5.17. The predicted octanol–water partition coefficient (Wildman–Crippen LogP) is 2.83. The second-order valence-corrected chi connectivity index (χ2v) is 5.17. The average molecular weight is 248 g/mol. The Labute approximate surface area is 108 Å². The van der Waals surface area contributed by atoms with Gasteiger partial charge in [-0.1, -0.05) is 32.0 Å². The molecule has 18 heavy (non-hydrogen) atoms. The molecular weight excluding hydrogens is 228 g/mol. The molecule has 0 spiro atoms. The van der Waals surface area contributed by atoms with Crippen molar-refractivity contribution in [3.8, 4) is 5.75 Å². The molecule has 0 N–H and O–H groups in total. The quantitative estimate of drug-likeness (QED) is 0.769. The third kappa shape index (κ3) is 3.25. The Bertz CT molecular complexity index is 412. The fraction of sp³-hybridized carbons (Fsp3) is 0.533. The molecule has 0 bridgehead atoms. The molecule has 1 heterocycles. The first kappa shape index (κ1) is 12.9. The van der Waals surface area contributed by atoms with E-state index in [9.17, 15) is 4.79 Å². The first-order valence-electron chi connectivity index (χ1n) is 6.54. The molecular formula is C15H20O3. The van der Waals surface area contributed by atoms with Crippen LogP contribution in [0.4, 0.5) is 0 Å². The molecule has 1 aromatic rings. The van der Waals surface area contributed by atoms with Gasteiger partial charge in [-0.15, -0.1) is 0 Å². The van der Waals surface area contributed by atoms with Crippen molar-refractivity contribution in [3.63, 3.8) is 0 Å². The van der Waals surface area contributed by atoms with Gasteiger partial charge in [0.15, 0.2) is 0 Å². The lowest BCUT2D eigenvalue weighted by Gasteiger charge is -2.24. The number of benzene rings is 1. The van der Waals surface area contributed by atoms with Crippen molar-refractivity contribution >= 4 is 5.97 Å². The van der Waals surface area contributed by atoms with Gasteiger partial charge in [-0.25, -0.2) is 0 Å². The summed E-state index contributed by atoms with van der Waals surface area (Å²) in [5, 5.41) is 0. The van der Waals surface area contributed by atoms with Gasteiger partial charge >= 0.3 is 5.97 Å². The molecule has 0 fully saturated rings. The summed E-state index contributed by atoms with van der Waals surface area (Å²) in [5.74, 6) is 1.15. The lowest BCUT2D eigenvalue weighted by molar-refractivity contribution is -0.150. The summed E-state index contributed by atoms with van der Waals surface area (Å²) < 4.78 is 10.9. The molecule has 0 saturated carbocycles. The van der Waals surface area contributed by atoms with E-state index in [1.54, 1.807) is 0 Å². The minimum atomic E-state index is -0.160. The Balaban J connectivity index is 1.87. The molecule has 0 saturated heterocycles. The molecule has 2 rings (SSSR count). The zero-order chi connectivity index (χ0) is 13.0. The van der Waals surface area contributed by atoms with Gasteiger partial charge in [-0.3, -0.25) is 4.79 Å². The first-order chi connectivity index (χ1) is 8.66. The Hall–Kier alpha value is -1.51. The van der Waals surface area contributed by atoms with Crippen LogP contribution >= 0.6 is 0 Å². The molecule has 3 heteroatoms. The smallest absolute Gasteiger partial charge is 0.312 e. The van der Waals surface area contributed by atoms with Gasteiger partial charge in [-0.2, -0.15) is 0 Å². The number of hydrogen-bond donors (Lipinski definition) is 0. The van der Waals surface area contributed by atoms with Crippen molar-refractivity contribution in [2.45, 2.75) is 26.7 Å². The number of ether oxygens (including phenoxy) is 2. The minimum absolute atomic E-state index is 0.134. The van der Waals surface area contributed by atoms with Crippen LogP contribution in [0.25, 0.3) is 0 Å². The largest absolute Gasteiger partial charge is 0.492 e. The van der Waals surface area contributed by atoms with Gasteiger partial charge in [-0.05, 0) is 30.4 Å². The van der Waals surface area contributed by atoms with E-state index in [1.807, 2.05) is 24.3 Å². The number of esters is 1. The summed E-state index contributed by atoms with van der Waals surface area (Å²) >= 11 is 0. The van der Waals surface area contributed by atoms with Gasteiger partial charge < -0.3 is 9.47 Å². The lowest BCUT2D eigenvalue weighted by Crippen LogP contribution is -2.30. The highest BCUT2D eigenvalue weighted by Crippen LogP contribution is 2.27. The maximum atomic E-state index is 11.9. The summed E-state index contributed by atoms with van der Waals surface area (Å²) in [7, 11) is 0. The average Bonchev–Trinajstić information content (AvgIpc) is 2.37. The molecule has 1 aromatic carbocycles. The van der Waals surface area contributed by atoms with E-state index < -0.39 is 0 Å². The van der Waals surface area contributed by atoms with Crippen molar-refractivity contribution in [3.05, 3.63) is 29.8 Å². The zero-order valence-corrected chi connectivity index (χ0v) is 11.0. The normalized spacial score (nSPS) is 18.1. The van der Waals surface area contributed by atoms with E-state index in [2.05, 4.69) is 13.8 Å². The minimum Gasteiger partial charge on any atom is -0.492 e. The molecule has 0 radical (unpaired) electrons. The highest BCUT2D eigenvalue weighted by Gasteiger charge is 2.26. The van der Waals surface area contributed by atoms with E-state index in [-0.39, 0.29) is 11.9 Å². The molecule has 0 amide bonds. The fourth-order valence-corrected chi connectivity index (χ4v) is 1.99. The fourth-order valence-electron chi connectivity index (χ4n) is 1.99. The number of hydrogen-bond acceptors (Lipinski definition) is 3. The number of carbonyl (C=O) groups is 1. The maximum absolute atomic E-state index is 11.9. The van der Waals surface area contributed by atoms with Gasteiger partial charge in [0.25, 0.3) is 0 Å². The Morgan fingerprint density at radius 1 is 1.44 bits per heavy atom. The lowest BCUT2D eigenvalue weighted by atomic mass is 9.97. The third-order valence-electron chi connectivity index (χ3n) is 3.15. The van der Waals surface area contributed by atoms with Crippen LogP contribution in [0.15, 0.2) is 24.3 Å². The van der Waals surface area contributed by atoms with E-state index in [0.717, 1.165) is 24.2 Å². The first-order valence-corrected chi connectivity index (χ1v) is 6.54. The van der Waals surface area contributed by atoms with Gasteiger partial charge in [0.1, 0.15) is 12.4 Å². The van der Waals surface area contributed by atoms with Gasteiger partial charge in [0.05, 0.1) is 12.5 Å². The standard InChI is InChI=1S/C15H20O3/c1-11(2)7-8-17-15(16)13-9-12-5-3-4-6-14(12)18-10-13/h3-6,11,13H,7-10H2,1-2H3. The molecule has 1 atom stereocenters. The van der Waals surface area contributed by atoms with Gasteiger partial charge in [0.2, 0.25) is 0 Å². The number of fused-ring (bicyclic) bond motifs is 1. The van der Waals surface area contributed by atoms with Crippen LogP contribution in [0.3, 0.4) is 0 Å². The van der Waals surface area contributed by atoms with Crippen molar-refractivity contribution in [2.75, 3.05) is 13.2 Å². The number of carbonyl (C=O) groups excluding carboxylic acids is 1. The van der Waals surface area contributed by atoms with Crippen LogP contribution in [0, 0.1) is 11.8 Å².